The summed E-state index contributed by atoms with van der Waals surface area (Å²) in [4.78, 5) is 11.3. The molecular weight excluding hydrogens is 252 g/mol. The van der Waals surface area contributed by atoms with E-state index in [1.807, 2.05) is 0 Å². The van der Waals surface area contributed by atoms with E-state index in [9.17, 15) is 13.6 Å². The van der Waals surface area contributed by atoms with Crippen LogP contribution in [0.5, 0.6) is 0 Å². The molecule has 3 nitrogen and oxygen atoms in total. The molecular formula is C11H16ClF2NO2. The molecule has 2 fully saturated rings. The fraction of sp³-hybridized carbons (Fsp3) is 0.909. The van der Waals surface area contributed by atoms with Crippen molar-refractivity contribution in [2.45, 2.75) is 31.2 Å². The standard InChI is InChI=1S/C11H16ClF2NO2/c1-17-9(16)7-5-10(6-15-7)8(3-2-4-12)11(10,13)14/h7-8,15H,2-6H2,1H3. The third-order valence-electron chi connectivity index (χ3n) is 4.03. The number of rotatable bonds is 4. The molecule has 1 spiro atoms. The Balaban J connectivity index is 2.00. The third-order valence-corrected chi connectivity index (χ3v) is 4.30. The zero-order valence-electron chi connectivity index (χ0n) is 9.64. The minimum atomic E-state index is -2.67. The highest BCUT2D eigenvalue weighted by molar-refractivity contribution is 6.17. The first kappa shape index (κ1) is 13.0. The van der Waals surface area contributed by atoms with Gasteiger partial charge in [-0.1, -0.05) is 0 Å². The van der Waals surface area contributed by atoms with E-state index in [0.29, 0.717) is 18.7 Å². The van der Waals surface area contributed by atoms with Crippen LogP contribution < -0.4 is 5.32 Å². The summed E-state index contributed by atoms with van der Waals surface area (Å²) in [6.45, 7) is 0.187. The molecule has 98 valence electrons. The molecule has 2 rings (SSSR count). The highest BCUT2D eigenvalue weighted by atomic mass is 35.5. The maximum Gasteiger partial charge on any atom is 0.322 e. The Bertz CT molecular complexity index is 327. The molecule has 17 heavy (non-hydrogen) atoms. The lowest BCUT2D eigenvalue weighted by Crippen LogP contribution is -2.31. The van der Waals surface area contributed by atoms with E-state index in [-0.39, 0.29) is 13.0 Å². The number of halogens is 3. The van der Waals surface area contributed by atoms with Crippen LogP contribution >= 0.6 is 11.6 Å². The molecule has 1 saturated heterocycles. The van der Waals surface area contributed by atoms with Crippen LogP contribution in [0, 0.1) is 11.3 Å². The normalized spacial score (nSPS) is 38.4. The van der Waals surface area contributed by atoms with E-state index in [4.69, 9.17) is 11.6 Å². The van der Waals surface area contributed by atoms with Crippen molar-refractivity contribution >= 4 is 17.6 Å². The number of hydrogen-bond donors (Lipinski definition) is 1. The molecule has 1 saturated carbocycles. The van der Waals surface area contributed by atoms with Gasteiger partial charge in [-0.3, -0.25) is 4.79 Å². The number of ether oxygens (including phenoxy) is 1. The van der Waals surface area contributed by atoms with Crippen molar-refractivity contribution in [1.29, 1.82) is 0 Å². The number of carbonyl (C=O) groups is 1. The summed E-state index contributed by atoms with van der Waals surface area (Å²) in [6, 6.07) is -0.591. The first-order valence-corrected chi connectivity index (χ1v) is 6.28. The third kappa shape index (κ3) is 1.83. The van der Waals surface area contributed by atoms with Gasteiger partial charge in [-0.25, -0.2) is 8.78 Å². The molecule has 1 aliphatic carbocycles. The fourth-order valence-electron chi connectivity index (χ4n) is 2.97. The van der Waals surface area contributed by atoms with Crippen LogP contribution in [0.1, 0.15) is 19.3 Å². The lowest BCUT2D eigenvalue weighted by atomic mass is 9.97. The van der Waals surface area contributed by atoms with Crippen molar-refractivity contribution in [2.24, 2.45) is 11.3 Å². The van der Waals surface area contributed by atoms with Crippen molar-refractivity contribution in [1.82, 2.24) is 5.32 Å². The van der Waals surface area contributed by atoms with Gasteiger partial charge in [0, 0.05) is 18.3 Å². The maximum atomic E-state index is 13.8. The highest BCUT2D eigenvalue weighted by Crippen LogP contribution is 2.71. The minimum Gasteiger partial charge on any atom is -0.468 e. The monoisotopic (exact) mass is 267 g/mol. The molecule has 1 aliphatic heterocycles. The molecule has 6 heteroatoms. The number of hydrogen-bond acceptors (Lipinski definition) is 3. The van der Waals surface area contributed by atoms with Crippen LogP contribution in [0.2, 0.25) is 0 Å². The smallest absolute Gasteiger partial charge is 0.322 e. The second kappa shape index (κ2) is 4.35. The van der Waals surface area contributed by atoms with Crippen molar-refractivity contribution in [3.63, 3.8) is 0 Å². The summed E-state index contributed by atoms with van der Waals surface area (Å²) in [5.74, 6) is -3.37. The molecule has 0 bridgehead atoms. The van der Waals surface area contributed by atoms with Gasteiger partial charge in [0.15, 0.2) is 0 Å². The van der Waals surface area contributed by atoms with Gasteiger partial charge in [0.05, 0.1) is 12.5 Å². The van der Waals surface area contributed by atoms with Crippen LogP contribution in [-0.2, 0) is 9.53 Å². The highest BCUT2D eigenvalue weighted by Gasteiger charge is 2.81. The predicted molar refractivity (Wildman–Crippen MR) is 59.2 cm³/mol. The number of nitrogens with one attached hydrogen (secondary N) is 1. The van der Waals surface area contributed by atoms with Crippen LogP contribution in [0.15, 0.2) is 0 Å². The molecule has 0 aromatic rings. The Morgan fingerprint density at radius 3 is 2.88 bits per heavy atom. The zero-order valence-corrected chi connectivity index (χ0v) is 10.4. The van der Waals surface area contributed by atoms with E-state index in [1.54, 1.807) is 0 Å². The average molecular weight is 268 g/mol. The van der Waals surface area contributed by atoms with E-state index >= 15 is 0 Å². The lowest BCUT2D eigenvalue weighted by Gasteiger charge is -2.07. The number of carbonyl (C=O) groups excluding carboxylic acids is 1. The van der Waals surface area contributed by atoms with Gasteiger partial charge >= 0.3 is 5.97 Å². The molecule has 2 aliphatic rings. The summed E-state index contributed by atoms with van der Waals surface area (Å²) < 4.78 is 32.1. The summed E-state index contributed by atoms with van der Waals surface area (Å²) in [7, 11) is 1.27. The summed E-state index contributed by atoms with van der Waals surface area (Å²) in [5.41, 5.74) is -1.04. The number of esters is 1. The predicted octanol–water partition coefficient (Wildman–Crippen LogP) is 1.79. The van der Waals surface area contributed by atoms with E-state index in [1.165, 1.54) is 7.11 Å². The maximum absolute atomic E-state index is 13.8. The van der Waals surface area contributed by atoms with Crippen molar-refractivity contribution in [3.05, 3.63) is 0 Å². The molecule has 0 radical (unpaired) electrons. The van der Waals surface area contributed by atoms with Gasteiger partial charge < -0.3 is 10.1 Å². The summed E-state index contributed by atoms with van der Waals surface area (Å²) in [5, 5.41) is 2.83. The second-order valence-electron chi connectivity index (χ2n) is 4.82. The summed E-state index contributed by atoms with van der Waals surface area (Å²) >= 11 is 5.53. The Kier molecular flexibility index (Phi) is 3.34. The zero-order chi connectivity index (χ0) is 12.7. The van der Waals surface area contributed by atoms with E-state index in [0.717, 1.165) is 0 Å². The first-order valence-electron chi connectivity index (χ1n) is 5.74. The van der Waals surface area contributed by atoms with Gasteiger partial charge in [-0.05, 0) is 19.3 Å². The molecule has 3 unspecified atom stereocenters. The fourth-order valence-corrected chi connectivity index (χ4v) is 3.13. The second-order valence-corrected chi connectivity index (χ2v) is 5.20. The molecule has 1 N–H and O–H groups in total. The van der Waals surface area contributed by atoms with Gasteiger partial charge in [0.2, 0.25) is 0 Å². The molecule has 0 amide bonds. The summed E-state index contributed by atoms with van der Waals surface area (Å²) in [6.07, 6.45) is 1.18. The van der Waals surface area contributed by atoms with E-state index in [2.05, 4.69) is 10.1 Å². The van der Waals surface area contributed by atoms with Gasteiger partial charge in [0.25, 0.3) is 5.92 Å². The van der Waals surface area contributed by atoms with Crippen LogP contribution in [-0.4, -0.2) is 37.5 Å². The number of alkyl halides is 3. The Morgan fingerprint density at radius 1 is 1.59 bits per heavy atom. The largest absolute Gasteiger partial charge is 0.468 e. The van der Waals surface area contributed by atoms with Crippen molar-refractivity contribution in [3.8, 4) is 0 Å². The molecule has 3 atom stereocenters. The Labute approximate surface area is 104 Å². The van der Waals surface area contributed by atoms with Gasteiger partial charge in [0.1, 0.15) is 6.04 Å². The van der Waals surface area contributed by atoms with E-state index < -0.39 is 29.3 Å². The minimum absolute atomic E-state index is 0.166. The van der Waals surface area contributed by atoms with Gasteiger partial charge in [-0.2, -0.15) is 0 Å². The Hall–Kier alpha value is -0.420. The topological polar surface area (TPSA) is 38.3 Å². The quantitative estimate of drug-likeness (QED) is 0.623. The molecule has 1 heterocycles. The Morgan fingerprint density at radius 2 is 2.29 bits per heavy atom. The van der Waals surface area contributed by atoms with Crippen molar-refractivity contribution in [2.75, 3.05) is 19.5 Å². The lowest BCUT2D eigenvalue weighted by molar-refractivity contribution is -0.142. The van der Waals surface area contributed by atoms with Crippen LogP contribution in [0.4, 0.5) is 8.78 Å². The first-order chi connectivity index (χ1) is 7.99. The number of methoxy groups -OCH3 is 1. The molecule has 0 aromatic carbocycles. The van der Waals surface area contributed by atoms with Crippen molar-refractivity contribution < 1.29 is 18.3 Å². The van der Waals surface area contributed by atoms with Gasteiger partial charge in [-0.15, -0.1) is 11.6 Å². The van der Waals surface area contributed by atoms with Crippen LogP contribution in [0.25, 0.3) is 0 Å². The average Bonchev–Trinajstić information content (AvgIpc) is 2.69. The molecule has 0 aromatic heterocycles. The SMILES string of the molecule is COC(=O)C1CC2(CN1)C(CCCCl)C2(F)F. The van der Waals surface area contributed by atoms with Crippen LogP contribution in [0.3, 0.4) is 0 Å².